The molecule has 144 valence electrons. The molecule has 25 heavy (non-hydrogen) atoms. The van der Waals surface area contributed by atoms with Crippen LogP contribution >= 0.6 is 0 Å². The van der Waals surface area contributed by atoms with Crippen molar-refractivity contribution < 1.29 is 22.1 Å². The van der Waals surface area contributed by atoms with Gasteiger partial charge in [-0.3, -0.25) is 4.18 Å². The van der Waals surface area contributed by atoms with Gasteiger partial charge in [-0.1, -0.05) is 25.5 Å². The molecule has 3 rings (SSSR count). The van der Waals surface area contributed by atoms with Crippen LogP contribution in [-0.2, 0) is 23.8 Å². The van der Waals surface area contributed by atoms with Crippen LogP contribution in [0.4, 0.5) is 0 Å². The van der Waals surface area contributed by atoms with Gasteiger partial charge < -0.3 is 9.47 Å². The fourth-order valence-electron chi connectivity index (χ4n) is 5.39. The first kappa shape index (κ1) is 19.3. The Morgan fingerprint density at radius 2 is 1.96 bits per heavy atom. The number of hydrogen-bond donors (Lipinski definition) is 0. The van der Waals surface area contributed by atoms with Crippen LogP contribution < -0.4 is 0 Å². The van der Waals surface area contributed by atoms with E-state index in [1.165, 1.54) is 5.57 Å². The van der Waals surface area contributed by atoms with E-state index in [0.717, 1.165) is 25.5 Å². The maximum absolute atomic E-state index is 11.8. The minimum atomic E-state index is -3.52. The lowest BCUT2D eigenvalue weighted by atomic mass is 9.47. The van der Waals surface area contributed by atoms with Gasteiger partial charge in [-0.15, -0.1) is 0 Å². The SMILES string of the molecule is CC1=CC[C@@H]2C(C)(C)CC[C@@H]3OC(C)(C)OC[C@H]1[C@@]32COS(C)(=O)=O. The zero-order valence-electron chi connectivity index (χ0n) is 16.3. The van der Waals surface area contributed by atoms with Crippen molar-refractivity contribution in [3.05, 3.63) is 11.6 Å². The summed E-state index contributed by atoms with van der Waals surface area (Å²) in [6.07, 6.45) is 6.25. The Hall–Kier alpha value is -0.430. The van der Waals surface area contributed by atoms with Crippen molar-refractivity contribution in [3.8, 4) is 0 Å². The second-order valence-corrected chi connectivity index (χ2v) is 10.9. The molecule has 3 aliphatic rings. The van der Waals surface area contributed by atoms with Crippen molar-refractivity contribution >= 4 is 10.1 Å². The highest BCUT2D eigenvalue weighted by atomic mass is 32.2. The first-order chi connectivity index (χ1) is 11.4. The smallest absolute Gasteiger partial charge is 0.264 e. The van der Waals surface area contributed by atoms with E-state index in [1.807, 2.05) is 13.8 Å². The average Bonchev–Trinajstić information content (AvgIpc) is 2.57. The molecule has 0 N–H and O–H groups in total. The third-order valence-corrected chi connectivity index (χ3v) is 7.21. The molecule has 5 nitrogen and oxygen atoms in total. The molecule has 0 bridgehead atoms. The Labute approximate surface area is 152 Å². The lowest BCUT2D eigenvalue weighted by Crippen LogP contribution is -2.60. The molecule has 4 atom stereocenters. The second kappa shape index (κ2) is 6.04. The van der Waals surface area contributed by atoms with E-state index in [1.54, 1.807) is 0 Å². The number of allylic oxidation sites excluding steroid dienone is 1. The molecule has 0 aromatic heterocycles. The molecular weight excluding hydrogens is 340 g/mol. The van der Waals surface area contributed by atoms with Gasteiger partial charge in [-0.2, -0.15) is 8.42 Å². The summed E-state index contributed by atoms with van der Waals surface area (Å²) in [7, 11) is -3.52. The average molecular weight is 373 g/mol. The summed E-state index contributed by atoms with van der Waals surface area (Å²) in [5, 5.41) is 0. The topological polar surface area (TPSA) is 61.8 Å². The fraction of sp³-hybridized carbons (Fsp3) is 0.895. The zero-order chi connectivity index (χ0) is 18.7. The van der Waals surface area contributed by atoms with Gasteiger partial charge in [0.05, 0.1) is 25.6 Å². The largest absolute Gasteiger partial charge is 0.350 e. The maximum atomic E-state index is 11.8. The van der Waals surface area contributed by atoms with E-state index < -0.39 is 15.9 Å². The summed E-state index contributed by atoms with van der Waals surface area (Å²) >= 11 is 0. The molecule has 0 aromatic carbocycles. The summed E-state index contributed by atoms with van der Waals surface area (Å²) in [5.74, 6) is -0.266. The van der Waals surface area contributed by atoms with Crippen molar-refractivity contribution in [2.75, 3.05) is 19.5 Å². The minimum absolute atomic E-state index is 0.0709. The van der Waals surface area contributed by atoms with Crippen molar-refractivity contribution in [2.24, 2.45) is 22.7 Å². The number of hydrogen-bond acceptors (Lipinski definition) is 5. The molecule has 1 aliphatic heterocycles. The highest BCUT2D eigenvalue weighted by Gasteiger charge is 2.62. The first-order valence-corrected chi connectivity index (χ1v) is 11.0. The Balaban J connectivity index is 2.13. The lowest BCUT2D eigenvalue weighted by molar-refractivity contribution is -0.253. The fourth-order valence-corrected chi connectivity index (χ4v) is 5.81. The van der Waals surface area contributed by atoms with E-state index in [0.29, 0.717) is 12.5 Å². The van der Waals surface area contributed by atoms with E-state index in [2.05, 4.69) is 26.8 Å². The van der Waals surface area contributed by atoms with Gasteiger partial charge in [0.1, 0.15) is 0 Å². The summed E-state index contributed by atoms with van der Waals surface area (Å²) in [4.78, 5) is 0. The molecule has 1 saturated heterocycles. The molecule has 0 spiro atoms. The molecule has 0 radical (unpaired) electrons. The highest BCUT2D eigenvalue weighted by Crippen LogP contribution is 2.62. The van der Waals surface area contributed by atoms with Crippen molar-refractivity contribution in [1.29, 1.82) is 0 Å². The van der Waals surface area contributed by atoms with Gasteiger partial charge in [-0.05, 0) is 51.4 Å². The molecular formula is C19H32O5S. The van der Waals surface area contributed by atoms with Crippen LogP contribution in [0, 0.1) is 22.7 Å². The van der Waals surface area contributed by atoms with Crippen LogP contribution in [0.25, 0.3) is 0 Å². The Bertz CT molecular complexity index is 663. The first-order valence-electron chi connectivity index (χ1n) is 9.20. The molecule has 0 unspecified atom stereocenters. The molecule has 1 saturated carbocycles. The number of ether oxygens (including phenoxy) is 2. The molecule has 0 aromatic rings. The Kier molecular flexibility index (Phi) is 4.67. The van der Waals surface area contributed by atoms with E-state index in [-0.39, 0.29) is 29.5 Å². The Morgan fingerprint density at radius 1 is 1.28 bits per heavy atom. The summed E-state index contributed by atoms with van der Waals surface area (Å²) in [6.45, 7) is 11.3. The zero-order valence-corrected chi connectivity index (χ0v) is 17.1. The van der Waals surface area contributed by atoms with Crippen LogP contribution in [0.5, 0.6) is 0 Å². The van der Waals surface area contributed by atoms with E-state index >= 15 is 0 Å². The van der Waals surface area contributed by atoms with Crippen molar-refractivity contribution in [1.82, 2.24) is 0 Å². The summed E-state index contributed by atoms with van der Waals surface area (Å²) in [5.41, 5.74) is 0.986. The van der Waals surface area contributed by atoms with Gasteiger partial charge in [0.25, 0.3) is 10.1 Å². The van der Waals surface area contributed by atoms with Gasteiger partial charge in [-0.25, -0.2) is 0 Å². The quantitative estimate of drug-likeness (QED) is 0.560. The van der Waals surface area contributed by atoms with Gasteiger partial charge in [0, 0.05) is 11.3 Å². The lowest BCUT2D eigenvalue weighted by Gasteiger charge is -2.59. The van der Waals surface area contributed by atoms with Crippen LogP contribution in [0.2, 0.25) is 0 Å². The second-order valence-electron chi connectivity index (χ2n) is 9.21. The van der Waals surface area contributed by atoms with E-state index in [9.17, 15) is 8.42 Å². The predicted molar refractivity (Wildman–Crippen MR) is 96.5 cm³/mol. The van der Waals surface area contributed by atoms with E-state index in [4.69, 9.17) is 13.7 Å². The van der Waals surface area contributed by atoms with Gasteiger partial charge in [0.2, 0.25) is 0 Å². The molecule has 1 heterocycles. The number of rotatable bonds is 3. The highest BCUT2D eigenvalue weighted by molar-refractivity contribution is 7.85. The monoisotopic (exact) mass is 372 g/mol. The van der Waals surface area contributed by atoms with Gasteiger partial charge >= 0.3 is 0 Å². The van der Waals surface area contributed by atoms with Gasteiger partial charge in [0.15, 0.2) is 5.79 Å². The molecule has 2 fully saturated rings. The maximum Gasteiger partial charge on any atom is 0.264 e. The normalized spacial score (nSPS) is 39.9. The van der Waals surface area contributed by atoms with Crippen LogP contribution in [0.15, 0.2) is 11.6 Å². The predicted octanol–water partition coefficient (Wildman–Crippen LogP) is 3.50. The van der Waals surface area contributed by atoms with Crippen LogP contribution in [-0.4, -0.2) is 39.8 Å². The third kappa shape index (κ3) is 3.43. The standard InChI is InChI=1S/C19H32O5S/c1-13-7-8-15-17(2,3)10-9-16-19(15,12-23-25(6,20)21)14(13)11-22-18(4,5)24-16/h7,14-16H,8-12H2,1-6H3/t14-,15-,16+,19-/m1/s1. The molecule has 6 heteroatoms. The minimum Gasteiger partial charge on any atom is -0.350 e. The van der Waals surface area contributed by atoms with Crippen LogP contribution in [0.3, 0.4) is 0 Å². The molecule has 0 amide bonds. The third-order valence-electron chi connectivity index (χ3n) is 6.66. The summed E-state index contributed by atoms with van der Waals surface area (Å²) in [6, 6.07) is 0. The molecule has 2 aliphatic carbocycles. The van der Waals surface area contributed by atoms with Crippen molar-refractivity contribution in [3.63, 3.8) is 0 Å². The van der Waals surface area contributed by atoms with Crippen molar-refractivity contribution in [2.45, 2.75) is 65.8 Å². The Morgan fingerprint density at radius 3 is 2.60 bits per heavy atom. The van der Waals surface area contributed by atoms with Crippen LogP contribution in [0.1, 0.15) is 53.9 Å². The summed E-state index contributed by atoms with van der Waals surface area (Å²) < 4.78 is 41.6.